The fourth-order valence-electron chi connectivity index (χ4n) is 2.49. The molecule has 1 aromatic carbocycles. The van der Waals surface area contributed by atoms with E-state index in [4.69, 9.17) is 14.2 Å². The summed E-state index contributed by atoms with van der Waals surface area (Å²) in [6, 6.07) is 10.3. The number of carbonyl (C=O) groups excluding carboxylic acids is 2. The molecule has 2 aromatic heterocycles. The number of pyridine rings is 1. The van der Waals surface area contributed by atoms with Gasteiger partial charge in [-0.05, 0) is 37.3 Å². The Morgan fingerprint density at radius 3 is 2.61 bits per heavy atom. The highest BCUT2D eigenvalue weighted by Crippen LogP contribution is 2.28. The molecular formula is C20H18N2O5S. The van der Waals surface area contributed by atoms with Crippen LogP contribution in [0.15, 0.2) is 42.6 Å². The number of nitrogens with zero attached hydrogens (tertiary/aromatic N) is 2. The second-order valence-corrected chi connectivity index (χ2v) is 6.71. The zero-order valence-electron chi connectivity index (χ0n) is 15.6. The van der Waals surface area contributed by atoms with Gasteiger partial charge in [-0.1, -0.05) is 6.07 Å². The van der Waals surface area contributed by atoms with Crippen molar-refractivity contribution in [3.63, 3.8) is 0 Å². The Bertz CT molecular complexity index is 1000. The molecule has 0 atom stereocenters. The number of methoxy groups -OCH3 is 2. The van der Waals surface area contributed by atoms with E-state index in [1.807, 2.05) is 12.1 Å². The number of aryl methyl sites for hydroxylation is 1. The Hall–Kier alpha value is -3.26. The summed E-state index contributed by atoms with van der Waals surface area (Å²) < 4.78 is 15.5. The SMILES string of the molecule is COc1ccc(OC)c(C(=O)COC(=O)c2sc(-c3ccccn3)nc2C)c1. The average Bonchev–Trinajstić information content (AvgIpc) is 3.13. The van der Waals surface area contributed by atoms with Crippen molar-refractivity contribution >= 4 is 23.1 Å². The first kappa shape index (κ1) is 19.5. The zero-order valence-corrected chi connectivity index (χ0v) is 16.4. The lowest BCUT2D eigenvalue weighted by molar-refractivity contribution is 0.0477. The number of Topliss-reactive ketones (excluding diaryl/α,β-unsaturated/α-hetero) is 1. The first-order valence-electron chi connectivity index (χ1n) is 8.34. The molecule has 0 bridgehead atoms. The van der Waals surface area contributed by atoms with Crippen molar-refractivity contribution in [2.45, 2.75) is 6.92 Å². The maximum absolute atomic E-state index is 12.5. The van der Waals surface area contributed by atoms with Gasteiger partial charge >= 0.3 is 5.97 Å². The lowest BCUT2D eigenvalue weighted by Gasteiger charge is -2.10. The lowest BCUT2D eigenvalue weighted by Crippen LogP contribution is -2.15. The van der Waals surface area contributed by atoms with Crippen LogP contribution in [-0.4, -0.2) is 42.5 Å². The number of hydrogen-bond acceptors (Lipinski definition) is 8. The third-order valence-electron chi connectivity index (χ3n) is 3.91. The van der Waals surface area contributed by atoms with E-state index in [2.05, 4.69) is 9.97 Å². The molecular weight excluding hydrogens is 380 g/mol. The number of hydrogen-bond donors (Lipinski definition) is 0. The van der Waals surface area contributed by atoms with Crippen LogP contribution in [0.1, 0.15) is 25.7 Å². The number of rotatable bonds is 7. The summed E-state index contributed by atoms with van der Waals surface area (Å²) in [4.78, 5) is 33.9. The lowest BCUT2D eigenvalue weighted by atomic mass is 10.1. The molecule has 7 nitrogen and oxygen atoms in total. The highest BCUT2D eigenvalue weighted by atomic mass is 32.1. The van der Waals surface area contributed by atoms with E-state index in [-0.39, 0.29) is 5.56 Å². The predicted molar refractivity (Wildman–Crippen MR) is 104 cm³/mol. The normalized spacial score (nSPS) is 10.4. The van der Waals surface area contributed by atoms with Crippen molar-refractivity contribution in [2.24, 2.45) is 0 Å². The molecule has 0 spiro atoms. The maximum atomic E-state index is 12.5. The first-order valence-corrected chi connectivity index (χ1v) is 9.16. The summed E-state index contributed by atoms with van der Waals surface area (Å²) in [7, 11) is 2.96. The third kappa shape index (κ3) is 4.17. The molecule has 28 heavy (non-hydrogen) atoms. The van der Waals surface area contributed by atoms with Gasteiger partial charge in [-0.3, -0.25) is 9.78 Å². The summed E-state index contributed by atoms with van der Waals surface area (Å²) in [5.41, 5.74) is 1.48. The van der Waals surface area contributed by atoms with Gasteiger partial charge in [-0.2, -0.15) is 0 Å². The smallest absolute Gasteiger partial charge is 0.350 e. The number of aromatic nitrogens is 2. The number of esters is 1. The molecule has 0 aliphatic carbocycles. The van der Waals surface area contributed by atoms with Crippen LogP contribution >= 0.6 is 11.3 Å². The number of ether oxygens (including phenoxy) is 3. The maximum Gasteiger partial charge on any atom is 0.350 e. The van der Waals surface area contributed by atoms with Crippen LogP contribution in [0.4, 0.5) is 0 Å². The topological polar surface area (TPSA) is 87.6 Å². The van der Waals surface area contributed by atoms with E-state index in [0.717, 1.165) is 0 Å². The average molecular weight is 398 g/mol. The van der Waals surface area contributed by atoms with Gasteiger partial charge in [-0.25, -0.2) is 9.78 Å². The fraction of sp³-hybridized carbons (Fsp3) is 0.200. The van der Waals surface area contributed by atoms with Gasteiger partial charge in [0, 0.05) is 6.20 Å². The molecule has 0 saturated heterocycles. The Balaban J connectivity index is 1.73. The Morgan fingerprint density at radius 2 is 1.93 bits per heavy atom. The van der Waals surface area contributed by atoms with Crippen molar-refractivity contribution in [3.05, 3.63) is 58.7 Å². The largest absolute Gasteiger partial charge is 0.497 e. The molecule has 144 valence electrons. The van der Waals surface area contributed by atoms with Gasteiger partial charge in [0.25, 0.3) is 0 Å². The molecule has 0 unspecified atom stereocenters. The highest BCUT2D eigenvalue weighted by Gasteiger charge is 2.21. The molecule has 8 heteroatoms. The van der Waals surface area contributed by atoms with Crippen LogP contribution in [0.2, 0.25) is 0 Å². The van der Waals surface area contributed by atoms with E-state index in [9.17, 15) is 9.59 Å². The Morgan fingerprint density at radius 1 is 1.11 bits per heavy atom. The van der Waals surface area contributed by atoms with Crippen LogP contribution in [0.5, 0.6) is 11.5 Å². The molecule has 0 radical (unpaired) electrons. The fourth-order valence-corrected chi connectivity index (χ4v) is 3.43. The monoisotopic (exact) mass is 398 g/mol. The van der Waals surface area contributed by atoms with Gasteiger partial charge in [0.05, 0.1) is 31.2 Å². The minimum absolute atomic E-state index is 0.282. The van der Waals surface area contributed by atoms with E-state index < -0.39 is 18.4 Å². The second-order valence-electron chi connectivity index (χ2n) is 5.71. The van der Waals surface area contributed by atoms with Gasteiger partial charge in [0.1, 0.15) is 21.4 Å². The molecule has 0 aliphatic rings. The molecule has 0 aliphatic heterocycles. The van der Waals surface area contributed by atoms with Gasteiger partial charge in [0.2, 0.25) is 5.78 Å². The van der Waals surface area contributed by atoms with Gasteiger partial charge in [-0.15, -0.1) is 11.3 Å². The van der Waals surface area contributed by atoms with Crippen molar-refractivity contribution < 1.29 is 23.8 Å². The zero-order chi connectivity index (χ0) is 20.1. The summed E-state index contributed by atoms with van der Waals surface area (Å²) in [6.07, 6.45) is 1.66. The highest BCUT2D eigenvalue weighted by molar-refractivity contribution is 7.17. The van der Waals surface area contributed by atoms with E-state index in [0.29, 0.717) is 32.8 Å². The summed E-state index contributed by atoms with van der Waals surface area (Å²) in [5.74, 6) is -0.106. The van der Waals surface area contributed by atoms with Gasteiger partial charge in [0.15, 0.2) is 6.61 Å². The molecule has 3 rings (SSSR count). The van der Waals surface area contributed by atoms with Crippen LogP contribution in [0.25, 0.3) is 10.7 Å². The van der Waals surface area contributed by atoms with E-state index in [1.165, 1.54) is 25.6 Å². The van der Waals surface area contributed by atoms with Crippen LogP contribution in [-0.2, 0) is 4.74 Å². The summed E-state index contributed by atoms with van der Waals surface area (Å²) in [6.45, 7) is 1.30. The van der Waals surface area contributed by atoms with Gasteiger partial charge < -0.3 is 14.2 Å². The first-order chi connectivity index (χ1) is 13.5. The molecule has 0 amide bonds. The molecule has 2 heterocycles. The number of benzene rings is 1. The van der Waals surface area contributed by atoms with Crippen molar-refractivity contribution in [1.82, 2.24) is 9.97 Å². The molecule has 3 aromatic rings. The predicted octanol–water partition coefficient (Wildman–Crippen LogP) is 3.57. The number of carbonyl (C=O) groups is 2. The van der Waals surface area contributed by atoms with E-state index >= 15 is 0 Å². The molecule has 0 fully saturated rings. The van der Waals surface area contributed by atoms with Crippen molar-refractivity contribution in [1.29, 1.82) is 0 Å². The number of ketones is 1. The molecule has 0 N–H and O–H groups in total. The number of thiazole rings is 1. The van der Waals surface area contributed by atoms with Crippen LogP contribution in [0.3, 0.4) is 0 Å². The second kappa shape index (κ2) is 8.62. The summed E-state index contributed by atoms with van der Waals surface area (Å²) in [5, 5.41) is 0.617. The van der Waals surface area contributed by atoms with Crippen molar-refractivity contribution in [3.8, 4) is 22.2 Å². The quantitative estimate of drug-likeness (QED) is 0.444. The van der Waals surface area contributed by atoms with Crippen LogP contribution in [0, 0.1) is 6.92 Å². The minimum atomic E-state index is -0.604. The third-order valence-corrected chi connectivity index (χ3v) is 5.07. The Labute approximate surface area is 165 Å². The standard InChI is InChI=1S/C20H18N2O5S/c1-12-18(28-19(22-12)15-6-4-5-9-21-15)20(24)27-11-16(23)14-10-13(25-2)7-8-17(14)26-3/h4-10H,11H2,1-3H3. The summed E-state index contributed by atoms with van der Waals surface area (Å²) >= 11 is 1.18. The molecule has 0 saturated carbocycles. The van der Waals surface area contributed by atoms with Crippen molar-refractivity contribution in [2.75, 3.05) is 20.8 Å². The minimum Gasteiger partial charge on any atom is -0.497 e. The van der Waals surface area contributed by atoms with Crippen LogP contribution < -0.4 is 9.47 Å². The Kier molecular flexibility index (Phi) is 6.00. The van der Waals surface area contributed by atoms with E-state index in [1.54, 1.807) is 37.4 Å².